The first-order valence-electron chi connectivity index (χ1n) is 11.6. The normalized spacial score (nSPS) is 12.3. The molecule has 2 aromatic carbocycles. The van der Waals surface area contributed by atoms with Crippen molar-refractivity contribution < 1.29 is 14.7 Å². The largest absolute Gasteiger partial charge is 0.481 e. The third-order valence-corrected chi connectivity index (χ3v) is 5.59. The number of pyridine rings is 1. The number of carboxylic acid groups (broad SMARTS) is 1. The summed E-state index contributed by atoms with van der Waals surface area (Å²) in [6, 6.07) is 20.2. The second kappa shape index (κ2) is 9.62. The number of imidazole rings is 1. The van der Waals surface area contributed by atoms with Gasteiger partial charge in [0.1, 0.15) is 17.2 Å². The number of carbonyl (C=O) groups excluding carboxylic acids is 1. The predicted octanol–water partition coefficient (Wildman–Crippen LogP) is 5.47. The molecule has 0 fully saturated rings. The van der Waals surface area contributed by atoms with Crippen molar-refractivity contribution in [3.8, 4) is 11.3 Å². The molecular formula is C28H30N4O3. The van der Waals surface area contributed by atoms with Gasteiger partial charge in [0.25, 0.3) is 5.91 Å². The van der Waals surface area contributed by atoms with E-state index in [0.717, 1.165) is 28.2 Å². The molecule has 0 bridgehead atoms. The lowest BCUT2D eigenvalue weighted by Gasteiger charge is -2.22. The lowest BCUT2D eigenvalue weighted by molar-refractivity contribution is -0.137. The Balaban J connectivity index is 1.69. The molecule has 4 aromatic rings. The first kappa shape index (κ1) is 24.0. The van der Waals surface area contributed by atoms with Gasteiger partial charge in [0.2, 0.25) is 0 Å². The first-order chi connectivity index (χ1) is 16.6. The van der Waals surface area contributed by atoms with Crippen LogP contribution in [0.2, 0.25) is 0 Å². The van der Waals surface area contributed by atoms with E-state index in [4.69, 9.17) is 4.98 Å². The minimum atomic E-state index is -0.981. The van der Waals surface area contributed by atoms with Gasteiger partial charge in [-0.3, -0.25) is 14.0 Å². The topological polar surface area (TPSA) is 95.7 Å². The van der Waals surface area contributed by atoms with Crippen molar-refractivity contribution in [1.29, 1.82) is 0 Å². The molecule has 1 amide bonds. The number of aryl methyl sites for hydroxylation is 1. The molecule has 2 aromatic heterocycles. The maximum Gasteiger partial charge on any atom is 0.305 e. The molecule has 7 heteroatoms. The quantitative estimate of drug-likeness (QED) is 0.333. The number of carboxylic acids is 1. The van der Waals surface area contributed by atoms with Gasteiger partial charge in [0, 0.05) is 22.9 Å². The lowest BCUT2D eigenvalue weighted by atomic mass is 10.0. The summed E-state index contributed by atoms with van der Waals surface area (Å²) in [7, 11) is 0. The number of hydrogen-bond donors (Lipinski definition) is 3. The van der Waals surface area contributed by atoms with E-state index < -0.39 is 12.0 Å². The molecule has 0 aliphatic carbocycles. The van der Waals surface area contributed by atoms with E-state index >= 15 is 0 Å². The second-order valence-corrected chi connectivity index (χ2v) is 9.73. The number of amides is 1. The standard InChI is InChI=1S/C28H30N4O3/c1-18-10-12-19(13-11-18)22(17-24(33)34)29-27(35)21-14-15-32-23(16-21)30-25(20-8-6-5-7-9-20)26(32)31-28(2,3)4/h5-16,22,31H,17H2,1-4H3,(H,29,35)(H,33,34). The van der Waals surface area contributed by atoms with Crippen molar-refractivity contribution in [3.05, 3.63) is 89.6 Å². The van der Waals surface area contributed by atoms with E-state index in [-0.39, 0.29) is 17.9 Å². The van der Waals surface area contributed by atoms with Gasteiger partial charge in [0.15, 0.2) is 0 Å². The highest BCUT2D eigenvalue weighted by atomic mass is 16.4. The van der Waals surface area contributed by atoms with Crippen LogP contribution in [0.5, 0.6) is 0 Å². The first-order valence-corrected chi connectivity index (χ1v) is 11.6. The van der Waals surface area contributed by atoms with Crippen LogP contribution in [-0.2, 0) is 4.79 Å². The van der Waals surface area contributed by atoms with Crippen LogP contribution >= 0.6 is 0 Å². The highest BCUT2D eigenvalue weighted by molar-refractivity contribution is 5.96. The Labute approximate surface area is 204 Å². The number of nitrogens with zero attached hydrogens (tertiary/aromatic N) is 2. The van der Waals surface area contributed by atoms with Gasteiger partial charge < -0.3 is 15.7 Å². The predicted molar refractivity (Wildman–Crippen MR) is 138 cm³/mol. The summed E-state index contributed by atoms with van der Waals surface area (Å²) in [5, 5.41) is 15.8. The van der Waals surface area contributed by atoms with Gasteiger partial charge in [-0.05, 0) is 45.4 Å². The third kappa shape index (κ3) is 5.69. The Bertz CT molecular complexity index is 1350. The molecule has 2 heterocycles. The lowest BCUT2D eigenvalue weighted by Crippen LogP contribution is -2.30. The minimum absolute atomic E-state index is 0.201. The second-order valence-electron chi connectivity index (χ2n) is 9.73. The van der Waals surface area contributed by atoms with Gasteiger partial charge in [-0.2, -0.15) is 0 Å². The number of anilines is 1. The summed E-state index contributed by atoms with van der Waals surface area (Å²) in [6.07, 6.45) is 1.61. The van der Waals surface area contributed by atoms with Crippen LogP contribution in [0.25, 0.3) is 16.9 Å². The number of fused-ring (bicyclic) bond motifs is 1. The van der Waals surface area contributed by atoms with Crippen molar-refractivity contribution in [2.24, 2.45) is 0 Å². The molecule has 0 aliphatic heterocycles. The van der Waals surface area contributed by atoms with E-state index in [1.807, 2.05) is 72.1 Å². The molecule has 7 nitrogen and oxygen atoms in total. The molecule has 0 saturated heterocycles. The number of aliphatic carboxylic acids is 1. The average molecular weight is 471 g/mol. The fourth-order valence-corrected chi connectivity index (χ4v) is 3.93. The van der Waals surface area contributed by atoms with Gasteiger partial charge in [-0.1, -0.05) is 60.2 Å². The van der Waals surface area contributed by atoms with Gasteiger partial charge >= 0.3 is 5.97 Å². The molecule has 0 radical (unpaired) electrons. The van der Waals surface area contributed by atoms with E-state index in [9.17, 15) is 14.7 Å². The zero-order valence-electron chi connectivity index (χ0n) is 20.4. The zero-order chi connectivity index (χ0) is 25.2. The molecular weight excluding hydrogens is 440 g/mol. The molecule has 0 saturated carbocycles. The molecule has 1 unspecified atom stereocenters. The number of carbonyl (C=O) groups is 2. The Morgan fingerprint density at radius 3 is 2.34 bits per heavy atom. The van der Waals surface area contributed by atoms with Crippen LogP contribution in [0.3, 0.4) is 0 Å². The Hall–Kier alpha value is -4.13. The monoisotopic (exact) mass is 470 g/mol. The minimum Gasteiger partial charge on any atom is -0.481 e. The van der Waals surface area contributed by atoms with Crippen molar-refractivity contribution in [3.63, 3.8) is 0 Å². The molecule has 3 N–H and O–H groups in total. The summed E-state index contributed by atoms with van der Waals surface area (Å²) in [5.41, 5.74) is 4.40. The highest BCUT2D eigenvalue weighted by Gasteiger charge is 2.22. The summed E-state index contributed by atoms with van der Waals surface area (Å²) < 4.78 is 1.93. The SMILES string of the molecule is Cc1ccc(C(CC(=O)O)NC(=O)c2ccn3c(NC(C)(C)C)c(-c4ccccc4)nc3c2)cc1. The van der Waals surface area contributed by atoms with Crippen LogP contribution in [-0.4, -0.2) is 31.9 Å². The van der Waals surface area contributed by atoms with Crippen molar-refractivity contribution in [2.45, 2.75) is 45.7 Å². The number of aromatic nitrogens is 2. The Morgan fingerprint density at radius 2 is 1.71 bits per heavy atom. The van der Waals surface area contributed by atoms with Crippen LogP contribution in [0.4, 0.5) is 5.82 Å². The molecule has 0 aliphatic rings. The van der Waals surface area contributed by atoms with Gasteiger partial charge in [-0.15, -0.1) is 0 Å². The van der Waals surface area contributed by atoms with Crippen LogP contribution in [0.15, 0.2) is 72.9 Å². The van der Waals surface area contributed by atoms with E-state index in [1.165, 1.54) is 0 Å². The van der Waals surface area contributed by atoms with Crippen LogP contribution < -0.4 is 10.6 Å². The van der Waals surface area contributed by atoms with E-state index in [2.05, 4.69) is 31.4 Å². The Kier molecular flexibility index (Phi) is 6.60. The third-order valence-electron chi connectivity index (χ3n) is 5.59. The summed E-state index contributed by atoms with van der Waals surface area (Å²) >= 11 is 0. The maximum absolute atomic E-state index is 13.2. The maximum atomic E-state index is 13.2. The van der Waals surface area contributed by atoms with Gasteiger partial charge in [0.05, 0.1) is 12.5 Å². The average Bonchev–Trinajstić information content (AvgIpc) is 3.15. The zero-order valence-corrected chi connectivity index (χ0v) is 20.4. The molecule has 35 heavy (non-hydrogen) atoms. The fraction of sp³-hybridized carbons (Fsp3) is 0.250. The number of nitrogens with one attached hydrogen (secondary N) is 2. The highest BCUT2D eigenvalue weighted by Crippen LogP contribution is 2.31. The number of hydrogen-bond acceptors (Lipinski definition) is 4. The Morgan fingerprint density at radius 1 is 1.03 bits per heavy atom. The van der Waals surface area contributed by atoms with Crippen LogP contribution in [0.1, 0.15) is 54.7 Å². The number of rotatable bonds is 7. The van der Waals surface area contributed by atoms with Gasteiger partial charge in [-0.25, -0.2) is 4.98 Å². The van der Waals surface area contributed by atoms with Crippen molar-refractivity contribution >= 4 is 23.3 Å². The van der Waals surface area contributed by atoms with E-state index in [1.54, 1.807) is 12.1 Å². The molecule has 0 spiro atoms. The molecule has 1 atom stereocenters. The van der Waals surface area contributed by atoms with Crippen LogP contribution in [0, 0.1) is 6.92 Å². The fourth-order valence-electron chi connectivity index (χ4n) is 3.93. The summed E-state index contributed by atoms with van der Waals surface area (Å²) in [5.74, 6) is -0.493. The molecule has 4 rings (SSSR count). The van der Waals surface area contributed by atoms with E-state index in [0.29, 0.717) is 11.2 Å². The summed E-state index contributed by atoms with van der Waals surface area (Å²) in [4.78, 5) is 29.4. The summed E-state index contributed by atoms with van der Waals surface area (Å²) in [6.45, 7) is 8.20. The smallest absolute Gasteiger partial charge is 0.305 e. The van der Waals surface area contributed by atoms with Crippen molar-refractivity contribution in [1.82, 2.24) is 14.7 Å². The number of benzene rings is 2. The van der Waals surface area contributed by atoms with Crippen molar-refractivity contribution in [2.75, 3.05) is 5.32 Å². The molecule has 180 valence electrons.